The van der Waals surface area contributed by atoms with Gasteiger partial charge in [0.2, 0.25) is 0 Å². The van der Waals surface area contributed by atoms with E-state index in [1.54, 1.807) is 18.2 Å². The van der Waals surface area contributed by atoms with E-state index in [9.17, 15) is 9.18 Å². The Labute approximate surface area is 223 Å². The normalized spacial score (nSPS) is 23.9. The van der Waals surface area contributed by atoms with Gasteiger partial charge in [0.05, 0.1) is 11.6 Å². The van der Waals surface area contributed by atoms with Crippen molar-refractivity contribution in [2.45, 2.75) is 76.1 Å². The zero-order valence-electron chi connectivity index (χ0n) is 21.8. The zero-order valence-corrected chi connectivity index (χ0v) is 21.8. The minimum absolute atomic E-state index is 0.152. The summed E-state index contributed by atoms with van der Waals surface area (Å²) in [4.78, 5) is 13.0. The Kier molecular flexibility index (Phi) is 8.60. The van der Waals surface area contributed by atoms with Crippen molar-refractivity contribution in [3.8, 4) is 11.8 Å². The van der Waals surface area contributed by atoms with Crippen molar-refractivity contribution in [1.29, 1.82) is 5.26 Å². The highest BCUT2D eigenvalue weighted by atomic mass is 19.1. The van der Waals surface area contributed by atoms with Gasteiger partial charge in [-0.3, -0.25) is 4.79 Å². The third kappa shape index (κ3) is 6.73. The molecule has 1 aliphatic heterocycles. The van der Waals surface area contributed by atoms with Crippen molar-refractivity contribution in [3.05, 3.63) is 65.4 Å². The van der Waals surface area contributed by atoms with Gasteiger partial charge in [-0.15, -0.1) is 0 Å². The zero-order chi connectivity index (χ0) is 26.3. The van der Waals surface area contributed by atoms with Crippen molar-refractivity contribution < 1.29 is 18.3 Å². The molecule has 0 bridgehead atoms. The number of nitriles is 1. The van der Waals surface area contributed by atoms with Gasteiger partial charge >= 0.3 is 0 Å². The molecule has 4 unspecified atom stereocenters. The van der Waals surface area contributed by atoms with Crippen LogP contribution in [0.3, 0.4) is 0 Å². The second-order valence-electron chi connectivity index (χ2n) is 10.7. The Morgan fingerprint density at radius 2 is 1.97 bits per heavy atom. The van der Waals surface area contributed by atoms with Crippen LogP contribution in [0.25, 0.3) is 11.0 Å². The summed E-state index contributed by atoms with van der Waals surface area (Å²) in [5.74, 6) is 1.39. The number of aryl methyl sites for hydroxylation is 1. The molecule has 2 fully saturated rings. The molecule has 2 heterocycles. The molecule has 5 rings (SSSR count). The van der Waals surface area contributed by atoms with E-state index in [0.717, 1.165) is 50.5 Å². The predicted octanol–water partition coefficient (Wildman–Crippen LogP) is 6.08. The Morgan fingerprint density at radius 1 is 1.11 bits per heavy atom. The number of rotatable bonds is 8. The van der Waals surface area contributed by atoms with Crippen LogP contribution in [-0.2, 0) is 6.42 Å². The smallest absolute Gasteiger partial charge is 0.287 e. The number of halogens is 1. The second-order valence-corrected chi connectivity index (χ2v) is 10.7. The number of nitrogens with one attached hydrogen (secondary N) is 2. The van der Waals surface area contributed by atoms with E-state index >= 15 is 0 Å². The minimum Gasteiger partial charge on any atom is -0.487 e. The molecular weight excluding hydrogens is 481 g/mol. The molecule has 6 nitrogen and oxygen atoms in total. The fourth-order valence-electron chi connectivity index (χ4n) is 5.72. The first-order valence-corrected chi connectivity index (χ1v) is 13.9. The Morgan fingerprint density at radius 3 is 2.79 bits per heavy atom. The van der Waals surface area contributed by atoms with Crippen LogP contribution in [0.5, 0.6) is 5.75 Å². The average Bonchev–Trinajstić information content (AvgIpc) is 3.24. The van der Waals surface area contributed by atoms with Crippen molar-refractivity contribution in [1.82, 2.24) is 10.6 Å². The summed E-state index contributed by atoms with van der Waals surface area (Å²) < 4.78 is 25.8. The highest BCUT2D eigenvalue weighted by molar-refractivity contribution is 5.96. The van der Waals surface area contributed by atoms with Gasteiger partial charge in [-0.25, -0.2) is 4.39 Å². The van der Waals surface area contributed by atoms with Gasteiger partial charge in [0.1, 0.15) is 23.6 Å². The van der Waals surface area contributed by atoms with E-state index in [1.807, 2.05) is 18.2 Å². The fourth-order valence-corrected chi connectivity index (χ4v) is 5.72. The van der Waals surface area contributed by atoms with E-state index in [1.165, 1.54) is 18.4 Å². The third-order valence-electron chi connectivity index (χ3n) is 7.93. The first kappa shape index (κ1) is 26.2. The lowest BCUT2D eigenvalue weighted by Gasteiger charge is -2.27. The van der Waals surface area contributed by atoms with Gasteiger partial charge in [0.25, 0.3) is 5.91 Å². The Balaban J connectivity index is 1.10. The summed E-state index contributed by atoms with van der Waals surface area (Å²) in [6.07, 6.45) is 7.88. The van der Waals surface area contributed by atoms with Gasteiger partial charge in [0, 0.05) is 18.0 Å². The Bertz CT molecular complexity index is 1270. The lowest BCUT2D eigenvalue weighted by molar-refractivity contribution is 0.0733. The number of carbonyl (C=O) groups is 1. The molecule has 1 aliphatic carbocycles. The van der Waals surface area contributed by atoms with Crippen molar-refractivity contribution >= 4 is 16.9 Å². The van der Waals surface area contributed by atoms with Gasteiger partial charge < -0.3 is 19.8 Å². The molecule has 1 saturated heterocycles. The fraction of sp³-hybridized carbons (Fsp3) is 0.484. The van der Waals surface area contributed by atoms with Crippen molar-refractivity contribution in [3.63, 3.8) is 0 Å². The van der Waals surface area contributed by atoms with Gasteiger partial charge in [-0.1, -0.05) is 31.4 Å². The highest BCUT2D eigenvalue weighted by Crippen LogP contribution is 2.29. The van der Waals surface area contributed by atoms with Gasteiger partial charge in [-0.05, 0) is 92.9 Å². The summed E-state index contributed by atoms with van der Waals surface area (Å²) in [6.45, 7) is 1.05. The Hall–Kier alpha value is -3.37. The van der Waals surface area contributed by atoms with Gasteiger partial charge in [0.15, 0.2) is 5.76 Å². The third-order valence-corrected chi connectivity index (χ3v) is 7.93. The molecule has 38 heavy (non-hydrogen) atoms. The van der Waals surface area contributed by atoms with Crippen molar-refractivity contribution in [2.24, 2.45) is 5.92 Å². The number of furan rings is 1. The number of ether oxygens (including phenoxy) is 1. The number of nitrogens with zero attached hydrogens (tertiary/aromatic N) is 1. The number of alkyl halides is 1. The first-order chi connectivity index (χ1) is 18.6. The maximum atomic E-state index is 14.1. The molecule has 3 aromatic rings. The van der Waals surface area contributed by atoms with Crippen LogP contribution < -0.4 is 15.4 Å². The summed E-state index contributed by atoms with van der Waals surface area (Å²) in [5.41, 5.74) is 2.61. The minimum atomic E-state index is -1.04. The summed E-state index contributed by atoms with van der Waals surface area (Å²) in [5, 5.41) is 15.9. The van der Waals surface area contributed by atoms with Crippen LogP contribution in [0.4, 0.5) is 4.39 Å². The maximum absolute atomic E-state index is 14.1. The lowest BCUT2D eigenvalue weighted by Crippen LogP contribution is -2.44. The molecule has 4 atom stereocenters. The molecule has 1 saturated carbocycles. The monoisotopic (exact) mass is 517 g/mol. The number of amides is 1. The molecular formula is C31H36FN3O3. The molecule has 2 aliphatic rings. The SMILES string of the molecule is N#Cc1ccc(CCCC2CCCC(NC(=O)c3cc4cc(OC5CCNCC5F)ccc4o3)CC2)cc1. The van der Waals surface area contributed by atoms with E-state index in [2.05, 4.69) is 28.8 Å². The maximum Gasteiger partial charge on any atom is 0.287 e. The van der Waals surface area contributed by atoms with Crippen LogP contribution in [0.15, 0.2) is 52.9 Å². The van der Waals surface area contributed by atoms with E-state index in [-0.39, 0.29) is 11.9 Å². The number of hydrogen-bond donors (Lipinski definition) is 2. The quantitative estimate of drug-likeness (QED) is 0.353. The van der Waals surface area contributed by atoms with E-state index in [0.29, 0.717) is 41.5 Å². The summed E-state index contributed by atoms with van der Waals surface area (Å²) in [6, 6.07) is 17.3. The highest BCUT2D eigenvalue weighted by Gasteiger charge is 2.27. The molecule has 0 spiro atoms. The molecule has 1 aromatic heterocycles. The number of fused-ring (bicyclic) bond motifs is 1. The van der Waals surface area contributed by atoms with Crippen LogP contribution in [0.1, 0.15) is 73.0 Å². The average molecular weight is 518 g/mol. The molecule has 1 amide bonds. The molecule has 2 N–H and O–H groups in total. The largest absolute Gasteiger partial charge is 0.487 e. The van der Waals surface area contributed by atoms with E-state index < -0.39 is 12.3 Å². The topological polar surface area (TPSA) is 87.3 Å². The molecule has 0 radical (unpaired) electrons. The van der Waals surface area contributed by atoms with Crippen LogP contribution in [0.2, 0.25) is 0 Å². The number of piperidine rings is 1. The van der Waals surface area contributed by atoms with Crippen LogP contribution in [0, 0.1) is 17.2 Å². The standard InChI is InChI=1S/C31H36FN3O3/c32-27-20-34-16-15-29(27)37-26-13-14-28-24(17-26)18-30(38-28)31(36)35-25-6-2-5-21(11-12-25)3-1-4-22-7-9-23(19-33)10-8-22/h7-10,13-14,17-18,21,25,27,29,34H,1-6,11-12,15-16,20H2,(H,35,36). The summed E-state index contributed by atoms with van der Waals surface area (Å²) >= 11 is 0. The number of hydrogen-bond acceptors (Lipinski definition) is 5. The summed E-state index contributed by atoms with van der Waals surface area (Å²) in [7, 11) is 0. The molecule has 200 valence electrons. The lowest BCUT2D eigenvalue weighted by atomic mass is 9.93. The number of benzene rings is 2. The van der Waals surface area contributed by atoms with Gasteiger partial charge in [-0.2, -0.15) is 5.26 Å². The molecule has 7 heteroatoms. The predicted molar refractivity (Wildman–Crippen MR) is 145 cm³/mol. The second kappa shape index (κ2) is 12.4. The van der Waals surface area contributed by atoms with Crippen molar-refractivity contribution in [2.75, 3.05) is 13.1 Å². The first-order valence-electron chi connectivity index (χ1n) is 13.9. The molecule has 2 aromatic carbocycles. The van der Waals surface area contributed by atoms with E-state index in [4.69, 9.17) is 14.4 Å². The van der Waals surface area contributed by atoms with Crippen LogP contribution in [-0.4, -0.2) is 37.3 Å². The van der Waals surface area contributed by atoms with Crippen LogP contribution >= 0.6 is 0 Å². The number of carbonyl (C=O) groups excluding carboxylic acids is 1.